The van der Waals surface area contributed by atoms with E-state index in [9.17, 15) is 8.78 Å². The van der Waals surface area contributed by atoms with Crippen LogP contribution in [0, 0.1) is 13.8 Å². The Hall–Kier alpha value is -2.63. The molecule has 0 amide bonds. The molecule has 2 aromatic heterocycles. The van der Waals surface area contributed by atoms with Gasteiger partial charge in [-0.2, -0.15) is 5.10 Å². The fraction of sp³-hybridized carbons (Fsp3) is 0.381. The van der Waals surface area contributed by atoms with Crippen molar-refractivity contribution in [3.63, 3.8) is 0 Å². The van der Waals surface area contributed by atoms with Crippen molar-refractivity contribution in [2.75, 3.05) is 0 Å². The van der Waals surface area contributed by atoms with Gasteiger partial charge in [0.15, 0.2) is 5.82 Å². The molecule has 1 fully saturated rings. The highest BCUT2D eigenvalue weighted by Crippen LogP contribution is 2.44. The van der Waals surface area contributed by atoms with Crippen LogP contribution in [0.1, 0.15) is 53.5 Å². The molecule has 1 aliphatic rings. The first-order valence-corrected chi connectivity index (χ1v) is 9.21. The van der Waals surface area contributed by atoms with Crippen LogP contribution in [-0.4, -0.2) is 25.7 Å². The standard InChI is InChI=1S/C21H22F2N4/c1-14-9-15(2)11-18(10-14)27-20(17-3-6-21(22,23)13-17)25-19(26-27)12-16-4-7-24-8-5-16/h4-5,7-11,17H,3,6,12-13H2,1-2H3. The summed E-state index contributed by atoms with van der Waals surface area (Å²) in [6.45, 7) is 4.05. The third-order valence-corrected chi connectivity index (χ3v) is 5.01. The molecule has 0 radical (unpaired) electrons. The van der Waals surface area contributed by atoms with Crippen molar-refractivity contribution in [3.8, 4) is 5.69 Å². The van der Waals surface area contributed by atoms with Gasteiger partial charge in [0, 0.05) is 37.6 Å². The number of rotatable bonds is 4. The Morgan fingerprint density at radius 1 is 1.11 bits per heavy atom. The molecule has 1 aliphatic carbocycles. The van der Waals surface area contributed by atoms with Gasteiger partial charge in [-0.25, -0.2) is 18.4 Å². The zero-order valence-corrected chi connectivity index (χ0v) is 15.5. The summed E-state index contributed by atoms with van der Waals surface area (Å²) >= 11 is 0. The number of hydrogen-bond donors (Lipinski definition) is 0. The number of aryl methyl sites for hydroxylation is 2. The van der Waals surface area contributed by atoms with Crippen molar-refractivity contribution in [1.29, 1.82) is 0 Å². The molecule has 0 aliphatic heterocycles. The van der Waals surface area contributed by atoms with Gasteiger partial charge in [-0.15, -0.1) is 0 Å². The molecule has 3 aromatic rings. The van der Waals surface area contributed by atoms with Crippen LogP contribution in [0.25, 0.3) is 5.69 Å². The summed E-state index contributed by atoms with van der Waals surface area (Å²) in [5, 5.41) is 4.69. The molecule has 0 saturated heterocycles. The summed E-state index contributed by atoms with van der Waals surface area (Å²) in [6, 6.07) is 9.96. The Morgan fingerprint density at radius 3 is 2.44 bits per heavy atom. The summed E-state index contributed by atoms with van der Waals surface area (Å²) in [6.07, 6.45) is 4.20. The van der Waals surface area contributed by atoms with Crippen molar-refractivity contribution in [2.45, 2.75) is 51.4 Å². The maximum absolute atomic E-state index is 13.8. The number of alkyl halides is 2. The monoisotopic (exact) mass is 368 g/mol. The third kappa shape index (κ3) is 3.89. The molecule has 0 spiro atoms. The zero-order chi connectivity index (χ0) is 19.0. The lowest BCUT2D eigenvalue weighted by molar-refractivity contribution is 0.00749. The highest BCUT2D eigenvalue weighted by atomic mass is 19.3. The predicted octanol–water partition coefficient (Wildman–Crippen LogP) is 4.77. The van der Waals surface area contributed by atoms with E-state index < -0.39 is 5.92 Å². The average molecular weight is 368 g/mol. The number of pyridine rings is 1. The summed E-state index contributed by atoms with van der Waals surface area (Å²) in [4.78, 5) is 8.71. The summed E-state index contributed by atoms with van der Waals surface area (Å²) < 4.78 is 29.4. The molecule has 1 aromatic carbocycles. The fourth-order valence-electron chi connectivity index (χ4n) is 3.82. The van der Waals surface area contributed by atoms with E-state index in [1.54, 1.807) is 17.1 Å². The number of nitrogens with zero attached hydrogens (tertiary/aromatic N) is 4. The Labute approximate surface area is 157 Å². The van der Waals surface area contributed by atoms with Gasteiger partial charge in [0.25, 0.3) is 0 Å². The first kappa shape index (κ1) is 17.8. The molecule has 6 heteroatoms. The van der Waals surface area contributed by atoms with E-state index in [0.29, 0.717) is 24.5 Å². The van der Waals surface area contributed by atoms with Gasteiger partial charge in [0.2, 0.25) is 5.92 Å². The van der Waals surface area contributed by atoms with E-state index in [2.05, 4.69) is 16.0 Å². The minimum absolute atomic E-state index is 0.0863. The van der Waals surface area contributed by atoms with E-state index >= 15 is 0 Å². The Balaban J connectivity index is 1.75. The van der Waals surface area contributed by atoms with Crippen molar-refractivity contribution in [2.24, 2.45) is 0 Å². The SMILES string of the molecule is Cc1cc(C)cc(-n2nc(Cc3ccncc3)nc2C2CCC(F)(F)C2)c1. The minimum atomic E-state index is -2.62. The highest BCUT2D eigenvalue weighted by Gasteiger charge is 2.42. The van der Waals surface area contributed by atoms with Gasteiger partial charge < -0.3 is 0 Å². The molecule has 4 rings (SSSR count). The minimum Gasteiger partial charge on any atom is -0.265 e. The molecule has 27 heavy (non-hydrogen) atoms. The zero-order valence-electron chi connectivity index (χ0n) is 15.5. The summed E-state index contributed by atoms with van der Waals surface area (Å²) in [5.74, 6) is -1.61. The lowest BCUT2D eigenvalue weighted by Crippen LogP contribution is -2.12. The lowest BCUT2D eigenvalue weighted by atomic mass is 10.1. The maximum Gasteiger partial charge on any atom is 0.248 e. The van der Waals surface area contributed by atoms with E-state index in [0.717, 1.165) is 22.4 Å². The van der Waals surface area contributed by atoms with Crippen LogP contribution in [0.3, 0.4) is 0 Å². The quantitative estimate of drug-likeness (QED) is 0.666. The van der Waals surface area contributed by atoms with Crippen molar-refractivity contribution < 1.29 is 8.78 Å². The number of benzene rings is 1. The van der Waals surface area contributed by atoms with Crippen molar-refractivity contribution >= 4 is 0 Å². The summed E-state index contributed by atoms with van der Waals surface area (Å²) in [7, 11) is 0. The second kappa shape index (κ2) is 6.83. The van der Waals surface area contributed by atoms with Crippen LogP contribution in [0.15, 0.2) is 42.7 Å². The normalized spacial score (nSPS) is 18.7. The maximum atomic E-state index is 13.8. The molecule has 0 bridgehead atoms. The first-order chi connectivity index (χ1) is 12.9. The third-order valence-electron chi connectivity index (χ3n) is 5.01. The highest BCUT2D eigenvalue weighted by molar-refractivity contribution is 5.40. The predicted molar refractivity (Wildman–Crippen MR) is 99.4 cm³/mol. The second-order valence-corrected chi connectivity index (χ2v) is 7.47. The molecule has 140 valence electrons. The summed E-state index contributed by atoms with van der Waals surface area (Å²) in [5.41, 5.74) is 4.15. The van der Waals surface area contributed by atoms with E-state index in [4.69, 9.17) is 5.10 Å². The molecule has 0 N–H and O–H groups in total. The topological polar surface area (TPSA) is 43.6 Å². The van der Waals surface area contributed by atoms with Crippen LogP contribution in [0.5, 0.6) is 0 Å². The van der Waals surface area contributed by atoms with Gasteiger partial charge in [-0.3, -0.25) is 4.98 Å². The van der Waals surface area contributed by atoms with E-state index in [1.165, 1.54) is 0 Å². The molecule has 2 heterocycles. The van der Waals surface area contributed by atoms with Gasteiger partial charge in [-0.05, 0) is 61.2 Å². The average Bonchev–Trinajstić information content (AvgIpc) is 3.18. The van der Waals surface area contributed by atoms with Gasteiger partial charge in [0.1, 0.15) is 5.82 Å². The van der Waals surface area contributed by atoms with E-state index in [-0.39, 0.29) is 18.8 Å². The van der Waals surface area contributed by atoms with Crippen molar-refractivity contribution in [1.82, 2.24) is 19.7 Å². The largest absolute Gasteiger partial charge is 0.265 e. The second-order valence-electron chi connectivity index (χ2n) is 7.47. The number of halogens is 2. The molecular formula is C21H22F2N4. The lowest BCUT2D eigenvalue weighted by Gasteiger charge is -2.13. The van der Waals surface area contributed by atoms with Gasteiger partial charge >= 0.3 is 0 Å². The van der Waals surface area contributed by atoms with Gasteiger partial charge in [-0.1, -0.05) is 6.07 Å². The molecule has 1 atom stereocenters. The van der Waals surface area contributed by atoms with Crippen LogP contribution < -0.4 is 0 Å². The van der Waals surface area contributed by atoms with Crippen LogP contribution in [0.4, 0.5) is 8.78 Å². The Bertz CT molecular complexity index is 930. The van der Waals surface area contributed by atoms with Crippen LogP contribution in [-0.2, 0) is 6.42 Å². The Kier molecular flexibility index (Phi) is 4.50. The van der Waals surface area contributed by atoms with Crippen LogP contribution in [0.2, 0.25) is 0 Å². The van der Waals surface area contributed by atoms with Gasteiger partial charge in [0.05, 0.1) is 5.69 Å². The molecule has 4 nitrogen and oxygen atoms in total. The molecule has 1 unspecified atom stereocenters. The first-order valence-electron chi connectivity index (χ1n) is 9.21. The number of aromatic nitrogens is 4. The van der Waals surface area contributed by atoms with E-state index in [1.807, 2.05) is 38.1 Å². The fourth-order valence-corrected chi connectivity index (χ4v) is 3.82. The Morgan fingerprint density at radius 2 is 1.81 bits per heavy atom. The molecule has 1 saturated carbocycles. The number of hydrogen-bond acceptors (Lipinski definition) is 3. The smallest absolute Gasteiger partial charge is 0.248 e. The molecular weight excluding hydrogens is 346 g/mol. The van der Waals surface area contributed by atoms with Crippen LogP contribution >= 0.6 is 0 Å². The van der Waals surface area contributed by atoms with Crippen molar-refractivity contribution in [3.05, 3.63) is 71.1 Å².